The van der Waals surface area contributed by atoms with Crippen molar-refractivity contribution in [2.75, 3.05) is 0 Å². The van der Waals surface area contributed by atoms with Crippen LogP contribution in [0.3, 0.4) is 0 Å². The molecule has 2 aromatic heterocycles. The lowest BCUT2D eigenvalue weighted by Gasteiger charge is -2.05. The molecule has 0 aliphatic rings. The summed E-state index contributed by atoms with van der Waals surface area (Å²) in [5.41, 5.74) is 6.90. The summed E-state index contributed by atoms with van der Waals surface area (Å²) in [6, 6.07) is 3.52. The third kappa shape index (κ3) is 2.28. The summed E-state index contributed by atoms with van der Waals surface area (Å²) in [4.78, 5) is 23.6. The van der Waals surface area contributed by atoms with Crippen LogP contribution in [0.4, 0.5) is 0 Å². The Morgan fingerprint density at radius 1 is 1.29 bits per heavy atom. The second-order valence-corrected chi connectivity index (χ2v) is 3.51. The van der Waals surface area contributed by atoms with Gasteiger partial charge in [-0.15, -0.1) is 0 Å². The van der Waals surface area contributed by atoms with Gasteiger partial charge in [0, 0.05) is 36.1 Å². The summed E-state index contributed by atoms with van der Waals surface area (Å²) < 4.78 is 0. The molecule has 2 heterocycles. The zero-order chi connectivity index (χ0) is 12.3. The molecule has 17 heavy (non-hydrogen) atoms. The van der Waals surface area contributed by atoms with Crippen molar-refractivity contribution < 1.29 is 4.79 Å². The molecule has 0 unspecified atom stereocenters. The normalized spacial score (nSPS) is 10.2. The van der Waals surface area contributed by atoms with Crippen LogP contribution in [-0.4, -0.2) is 20.9 Å². The van der Waals surface area contributed by atoms with Gasteiger partial charge in [0.25, 0.3) is 5.91 Å². The molecule has 0 saturated carbocycles. The van der Waals surface area contributed by atoms with Gasteiger partial charge in [-0.2, -0.15) is 0 Å². The lowest BCUT2D eigenvalue weighted by Crippen LogP contribution is -2.14. The van der Waals surface area contributed by atoms with Crippen molar-refractivity contribution in [1.29, 1.82) is 0 Å². The fourth-order valence-electron chi connectivity index (χ4n) is 1.51. The predicted octanol–water partition coefficient (Wildman–Crippen LogP) is 1.20. The average Bonchev–Trinajstić information content (AvgIpc) is 2.39. The summed E-state index contributed by atoms with van der Waals surface area (Å²) in [7, 11) is 0. The molecule has 2 rings (SSSR count). The highest BCUT2D eigenvalue weighted by Gasteiger charge is 2.11. The first-order valence-electron chi connectivity index (χ1n) is 5.28. The van der Waals surface area contributed by atoms with Crippen LogP contribution >= 0.6 is 0 Å². The number of primary amides is 1. The maximum absolute atomic E-state index is 11.2. The van der Waals surface area contributed by atoms with Crippen LogP contribution in [0.1, 0.15) is 23.2 Å². The number of hydrogen-bond donors (Lipinski definition) is 1. The van der Waals surface area contributed by atoms with Crippen molar-refractivity contribution >= 4 is 5.91 Å². The average molecular weight is 228 g/mol. The maximum Gasteiger partial charge on any atom is 0.267 e. The molecule has 0 spiro atoms. The maximum atomic E-state index is 11.2. The summed E-state index contributed by atoms with van der Waals surface area (Å²) in [6.07, 6.45) is 5.66. The Labute approximate surface area is 98.7 Å². The number of hydrogen-bond acceptors (Lipinski definition) is 4. The van der Waals surface area contributed by atoms with Crippen molar-refractivity contribution in [3.05, 3.63) is 42.2 Å². The van der Waals surface area contributed by atoms with Crippen LogP contribution in [-0.2, 0) is 6.42 Å². The molecule has 0 saturated heterocycles. The van der Waals surface area contributed by atoms with Crippen LogP contribution in [0.25, 0.3) is 11.1 Å². The number of nitrogens with zero attached hydrogens (tertiary/aromatic N) is 3. The van der Waals surface area contributed by atoms with Gasteiger partial charge in [-0.25, -0.2) is 9.97 Å². The van der Waals surface area contributed by atoms with Gasteiger partial charge in [0.1, 0.15) is 11.5 Å². The highest BCUT2D eigenvalue weighted by atomic mass is 16.1. The van der Waals surface area contributed by atoms with E-state index < -0.39 is 5.91 Å². The van der Waals surface area contributed by atoms with Gasteiger partial charge in [-0.1, -0.05) is 13.0 Å². The number of nitrogens with two attached hydrogens (primary N) is 1. The molecule has 2 aromatic rings. The Morgan fingerprint density at radius 3 is 2.59 bits per heavy atom. The van der Waals surface area contributed by atoms with E-state index in [2.05, 4.69) is 15.0 Å². The Morgan fingerprint density at radius 2 is 2.00 bits per heavy atom. The van der Waals surface area contributed by atoms with Crippen molar-refractivity contribution in [2.24, 2.45) is 5.73 Å². The Kier molecular flexibility index (Phi) is 3.09. The summed E-state index contributed by atoms with van der Waals surface area (Å²) in [6.45, 7) is 1.98. The van der Waals surface area contributed by atoms with Gasteiger partial charge in [0.05, 0.1) is 0 Å². The summed E-state index contributed by atoms with van der Waals surface area (Å²) >= 11 is 0. The largest absolute Gasteiger partial charge is 0.364 e. The van der Waals surface area contributed by atoms with Crippen molar-refractivity contribution in [3.8, 4) is 11.1 Å². The number of carbonyl (C=O) groups is 1. The van der Waals surface area contributed by atoms with Crippen molar-refractivity contribution in [1.82, 2.24) is 15.0 Å². The van der Waals surface area contributed by atoms with E-state index in [9.17, 15) is 4.79 Å². The highest BCUT2D eigenvalue weighted by Crippen LogP contribution is 2.20. The monoisotopic (exact) mass is 228 g/mol. The highest BCUT2D eigenvalue weighted by molar-refractivity contribution is 5.97. The number of pyridine rings is 1. The molecule has 0 aromatic carbocycles. The van der Waals surface area contributed by atoms with Crippen LogP contribution in [0.15, 0.2) is 30.7 Å². The number of amides is 1. The van der Waals surface area contributed by atoms with E-state index in [4.69, 9.17) is 5.73 Å². The first kappa shape index (κ1) is 11.2. The Bertz CT molecular complexity index is 536. The van der Waals surface area contributed by atoms with Gasteiger partial charge >= 0.3 is 0 Å². The Hall–Kier alpha value is -2.30. The van der Waals surface area contributed by atoms with E-state index in [0.717, 1.165) is 17.8 Å². The van der Waals surface area contributed by atoms with Crippen molar-refractivity contribution in [2.45, 2.75) is 13.3 Å². The van der Waals surface area contributed by atoms with E-state index in [-0.39, 0.29) is 5.69 Å². The number of aromatic nitrogens is 3. The third-order valence-corrected chi connectivity index (χ3v) is 2.37. The van der Waals surface area contributed by atoms with E-state index in [1.165, 1.54) is 6.20 Å². The Balaban J connectivity index is 2.48. The molecule has 1 amide bonds. The van der Waals surface area contributed by atoms with E-state index >= 15 is 0 Å². The van der Waals surface area contributed by atoms with Gasteiger partial charge in [0.15, 0.2) is 0 Å². The topological polar surface area (TPSA) is 81.8 Å². The second kappa shape index (κ2) is 4.69. The second-order valence-electron chi connectivity index (χ2n) is 3.51. The smallest absolute Gasteiger partial charge is 0.267 e. The van der Waals surface area contributed by atoms with Gasteiger partial charge < -0.3 is 5.73 Å². The predicted molar refractivity (Wildman–Crippen MR) is 63.2 cm³/mol. The van der Waals surface area contributed by atoms with Gasteiger partial charge in [-0.05, 0) is 6.07 Å². The molecule has 0 fully saturated rings. The van der Waals surface area contributed by atoms with Crippen LogP contribution < -0.4 is 5.73 Å². The molecule has 86 valence electrons. The lowest BCUT2D eigenvalue weighted by molar-refractivity contribution is 0.0996. The number of aryl methyl sites for hydroxylation is 1. The fourth-order valence-corrected chi connectivity index (χ4v) is 1.51. The molecular formula is C12H12N4O. The molecule has 0 aliphatic heterocycles. The minimum absolute atomic E-state index is 0.236. The molecule has 0 aliphatic carbocycles. The minimum atomic E-state index is -0.555. The molecular weight excluding hydrogens is 216 g/mol. The van der Waals surface area contributed by atoms with Crippen LogP contribution in [0, 0.1) is 0 Å². The lowest BCUT2D eigenvalue weighted by atomic mass is 10.1. The van der Waals surface area contributed by atoms with Crippen LogP contribution in [0.2, 0.25) is 0 Å². The standard InChI is InChI=1S/C12H12N4O/c1-2-10-15-6-8(7-16-10)9-4-3-5-14-11(9)12(13)17/h3-7H,2H2,1H3,(H2,13,17). The van der Waals surface area contributed by atoms with Gasteiger partial charge in [0.2, 0.25) is 0 Å². The fraction of sp³-hybridized carbons (Fsp3) is 0.167. The molecule has 0 radical (unpaired) electrons. The quantitative estimate of drug-likeness (QED) is 0.855. The van der Waals surface area contributed by atoms with E-state index in [1.807, 2.05) is 6.92 Å². The zero-order valence-electron chi connectivity index (χ0n) is 9.42. The first-order chi connectivity index (χ1) is 8.22. The number of carbonyl (C=O) groups excluding carboxylic acids is 1. The molecule has 5 nitrogen and oxygen atoms in total. The van der Waals surface area contributed by atoms with E-state index in [0.29, 0.717) is 5.56 Å². The molecule has 0 atom stereocenters. The minimum Gasteiger partial charge on any atom is -0.364 e. The zero-order valence-corrected chi connectivity index (χ0v) is 9.42. The van der Waals surface area contributed by atoms with Gasteiger partial charge in [-0.3, -0.25) is 9.78 Å². The third-order valence-electron chi connectivity index (χ3n) is 2.37. The summed E-state index contributed by atoms with van der Waals surface area (Å²) in [5.74, 6) is 0.207. The molecule has 2 N–H and O–H groups in total. The molecule has 5 heteroatoms. The van der Waals surface area contributed by atoms with Crippen molar-refractivity contribution in [3.63, 3.8) is 0 Å². The first-order valence-corrected chi connectivity index (χ1v) is 5.28. The SMILES string of the molecule is CCc1ncc(-c2cccnc2C(N)=O)cn1. The van der Waals surface area contributed by atoms with E-state index in [1.54, 1.807) is 24.5 Å². The number of rotatable bonds is 3. The summed E-state index contributed by atoms with van der Waals surface area (Å²) in [5, 5.41) is 0. The molecule has 0 bridgehead atoms. The van der Waals surface area contributed by atoms with Crippen LogP contribution in [0.5, 0.6) is 0 Å².